The van der Waals surface area contributed by atoms with Crippen LogP contribution in [0.5, 0.6) is 5.75 Å². The maximum absolute atomic E-state index is 11.7. The molecule has 308 valence electrons. The molecule has 0 spiro atoms. The van der Waals surface area contributed by atoms with Gasteiger partial charge in [-0.05, 0) is 99.7 Å². The van der Waals surface area contributed by atoms with Gasteiger partial charge in [0.2, 0.25) is 0 Å². The Labute approximate surface area is 370 Å². The summed E-state index contributed by atoms with van der Waals surface area (Å²) in [6.45, 7) is 24.6. The van der Waals surface area contributed by atoms with Gasteiger partial charge in [-0.25, -0.2) is 4.98 Å². The van der Waals surface area contributed by atoms with Gasteiger partial charge in [-0.1, -0.05) is 134 Å². The number of benzene rings is 5. The predicted octanol–water partition coefficient (Wildman–Crippen LogP) is 13.8. The molecule has 0 aliphatic heterocycles. The van der Waals surface area contributed by atoms with Crippen molar-refractivity contribution in [2.45, 2.75) is 97.9 Å². The van der Waals surface area contributed by atoms with Gasteiger partial charge in [0, 0.05) is 39.0 Å². The first kappa shape index (κ1) is 42.7. The Morgan fingerprint density at radius 1 is 0.533 bits per heavy atom. The molecule has 3 heterocycles. The van der Waals surface area contributed by atoms with Crippen LogP contribution < -0.4 is 0 Å². The van der Waals surface area contributed by atoms with E-state index in [1.165, 1.54) is 16.5 Å². The summed E-state index contributed by atoms with van der Waals surface area (Å²) in [7, 11) is 0. The zero-order valence-electron chi connectivity index (χ0n) is 36.7. The van der Waals surface area contributed by atoms with Crippen molar-refractivity contribution in [3.05, 3.63) is 156 Å². The molecular formula is C54H55N4OPt-. The summed E-state index contributed by atoms with van der Waals surface area (Å²) in [4.78, 5) is 15.4. The van der Waals surface area contributed by atoms with Crippen LogP contribution in [-0.4, -0.2) is 24.6 Å². The van der Waals surface area contributed by atoms with Crippen LogP contribution in [0.15, 0.2) is 128 Å². The topological polar surface area (TPSA) is 63.8 Å². The zero-order chi connectivity index (χ0) is 42.1. The number of hydrogen-bond acceptors (Lipinski definition) is 4. The van der Waals surface area contributed by atoms with Crippen LogP contribution >= 0.6 is 0 Å². The molecule has 0 saturated heterocycles. The van der Waals surface area contributed by atoms with E-state index in [1.54, 1.807) is 0 Å². The number of aromatic hydroxyl groups is 1. The van der Waals surface area contributed by atoms with E-state index in [-0.39, 0.29) is 43.1 Å². The summed E-state index contributed by atoms with van der Waals surface area (Å²) in [6, 6.07) is 44.0. The maximum atomic E-state index is 11.7. The molecule has 0 atom stereocenters. The van der Waals surface area contributed by atoms with Crippen molar-refractivity contribution in [3.63, 3.8) is 0 Å². The summed E-state index contributed by atoms with van der Waals surface area (Å²) in [5.41, 5.74) is 13.0. The van der Waals surface area contributed by atoms with Crippen molar-refractivity contribution >= 4 is 21.9 Å². The second kappa shape index (κ2) is 15.6. The molecule has 1 N–H and O–H groups in total. The molecule has 60 heavy (non-hydrogen) atoms. The van der Waals surface area contributed by atoms with Gasteiger partial charge < -0.3 is 9.67 Å². The van der Waals surface area contributed by atoms with E-state index in [4.69, 9.17) is 15.0 Å². The number of phenols is 1. The Hall–Kier alpha value is -5.38. The molecule has 0 amide bonds. The van der Waals surface area contributed by atoms with Crippen LogP contribution in [-0.2, 0) is 42.8 Å². The number of imidazole rings is 1. The van der Waals surface area contributed by atoms with Gasteiger partial charge in [0.1, 0.15) is 11.6 Å². The molecule has 3 aromatic heterocycles. The smallest absolute Gasteiger partial charge is 0.144 e. The van der Waals surface area contributed by atoms with E-state index in [2.05, 4.69) is 172 Å². The molecule has 0 aliphatic carbocycles. The summed E-state index contributed by atoms with van der Waals surface area (Å²) in [5.74, 6) is 0.877. The minimum atomic E-state index is -0.580. The van der Waals surface area contributed by atoms with Crippen LogP contribution in [0.25, 0.3) is 66.8 Å². The van der Waals surface area contributed by atoms with Crippen LogP contribution in [0.3, 0.4) is 0 Å². The third-order valence-electron chi connectivity index (χ3n) is 11.8. The largest absolute Gasteiger partial charge is 0.507 e. The van der Waals surface area contributed by atoms with Crippen molar-refractivity contribution < 1.29 is 26.2 Å². The van der Waals surface area contributed by atoms with Crippen molar-refractivity contribution in [1.82, 2.24) is 19.5 Å². The van der Waals surface area contributed by atoms with Gasteiger partial charge in [-0.15, -0.1) is 35.4 Å². The van der Waals surface area contributed by atoms with Crippen LogP contribution in [0.4, 0.5) is 0 Å². The normalized spacial score (nSPS) is 12.5. The van der Waals surface area contributed by atoms with Gasteiger partial charge in [0.25, 0.3) is 0 Å². The van der Waals surface area contributed by atoms with E-state index >= 15 is 0 Å². The molecule has 0 bridgehead atoms. The Morgan fingerprint density at radius 2 is 1.18 bits per heavy atom. The minimum absolute atomic E-state index is 0. The summed E-state index contributed by atoms with van der Waals surface area (Å²) >= 11 is 0. The summed E-state index contributed by atoms with van der Waals surface area (Å²) in [6.07, 6.45) is 3.78. The van der Waals surface area contributed by atoms with Gasteiger partial charge in [0.05, 0.1) is 27.8 Å². The molecule has 8 rings (SSSR count). The number of phenolic OH excluding ortho intramolecular Hbond substituents is 1. The minimum Gasteiger partial charge on any atom is -0.507 e. The third-order valence-corrected chi connectivity index (χ3v) is 11.8. The first-order valence-corrected chi connectivity index (χ1v) is 20.7. The SMILES string of the molecule is CC(C)(C)c1ccc(O)c(-c2nc3c(-c4[c-]c(-c5cc(C(C)(C)C)cc6c(C(C)(C)C)ccnc56)ccc4)cc(-c4ccccn4)cc3n2C(C)(C)c2ccccc2)c1.[Pt]. The van der Waals surface area contributed by atoms with E-state index in [0.29, 0.717) is 11.4 Å². The first-order valence-electron chi connectivity index (χ1n) is 20.7. The van der Waals surface area contributed by atoms with Crippen LogP contribution in [0.1, 0.15) is 98.4 Å². The van der Waals surface area contributed by atoms with Gasteiger partial charge in [0.15, 0.2) is 0 Å². The predicted molar refractivity (Wildman–Crippen MR) is 246 cm³/mol. The first-order chi connectivity index (χ1) is 27.8. The van der Waals surface area contributed by atoms with Crippen molar-refractivity contribution in [2.24, 2.45) is 0 Å². The molecule has 8 aromatic rings. The monoisotopic (exact) mass is 970 g/mol. The zero-order valence-corrected chi connectivity index (χ0v) is 38.9. The van der Waals surface area contributed by atoms with Crippen molar-refractivity contribution in [3.8, 4) is 50.6 Å². The number of nitrogens with zero attached hydrogens (tertiary/aromatic N) is 4. The number of rotatable bonds is 6. The van der Waals surface area contributed by atoms with Crippen LogP contribution in [0.2, 0.25) is 0 Å². The molecule has 0 radical (unpaired) electrons. The molecule has 0 aliphatic rings. The molecule has 0 fully saturated rings. The fourth-order valence-electron chi connectivity index (χ4n) is 8.30. The molecule has 6 heteroatoms. The molecule has 5 aromatic carbocycles. The number of aromatic nitrogens is 4. The van der Waals surface area contributed by atoms with E-state index < -0.39 is 5.54 Å². The standard InChI is InChI=1S/C54H55N4O.Pt/c1-51(2,3)38-23-24-47(59)43(31-38)50-57-49-40(29-36(45-22-15-16-26-55-45)30-46(49)58(50)54(10,11)37-20-13-12-14-21-37)34-18-17-19-35(28-34)41-32-39(52(4,5)6)33-42-44(53(7,8)9)25-27-56-48(41)42;/h12-27,29-33,59H,1-11H3;/q-1;. The van der Waals surface area contributed by atoms with Crippen LogP contribution in [0, 0.1) is 6.07 Å². The van der Waals surface area contributed by atoms with E-state index in [9.17, 15) is 5.11 Å². The van der Waals surface area contributed by atoms with Gasteiger partial charge in [-0.2, -0.15) is 0 Å². The average molecular weight is 971 g/mol. The molecule has 0 unspecified atom stereocenters. The van der Waals surface area contributed by atoms with Crippen molar-refractivity contribution in [1.29, 1.82) is 0 Å². The molecular weight excluding hydrogens is 916 g/mol. The number of hydrogen-bond donors (Lipinski definition) is 1. The Kier molecular flexibility index (Phi) is 11.1. The fraction of sp³-hybridized carbons (Fsp3) is 0.278. The Morgan fingerprint density at radius 3 is 1.82 bits per heavy atom. The average Bonchev–Trinajstić information content (AvgIpc) is 3.60. The third kappa shape index (κ3) is 7.85. The van der Waals surface area contributed by atoms with E-state index in [1.807, 2.05) is 42.7 Å². The van der Waals surface area contributed by atoms with Gasteiger partial charge in [-0.3, -0.25) is 9.97 Å². The molecule has 0 saturated carbocycles. The second-order valence-corrected chi connectivity index (χ2v) is 19.5. The molecule has 5 nitrogen and oxygen atoms in total. The summed E-state index contributed by atoms with van der Waals surface area (Å²) < 4.78 is 2.30. The fourth-order valence-corrected chi connectivity index (χ4v) is 8.30. The quantitative estimate of drug-likeness (QED) is 0.169. The summed E-state index contributed by atoms with van der Waals surface area (Å²) in [5, 5.41) is 12.9. The second-order valence-electron chi connectivity index (χ2n) is 19.5. The maximum Gasteiger partial charge on any atom is 0.144 e. The number of pyridine rings is 2. The van der Waals surface area contributed by atoms with Gasteiger partial charge >= 0.3 is 0 Å². The Balaban J connectivity index is 0.00000544. The van der Waals surface area contributed by atoms with Crippen molar-refractivity contribution in [2.75, 3.05) is 0 Å². The van der Waals surface area contributed by atoms with E-state index in [0.717, 1.165) is 61.2 Å². The number of fused-ring (bicyclic) bond motifs is 2. The Bertz CT molecular complexity index is 2850.